The van der Waals surface area contributed by atoms with Gasteiger partial charge in [-0.2, -0.15) is 0 Å². The lowest BCUT2D eigenvalue weighted by molar-refractivity contribution is 0.735. The predicted molar refractivity (Wildman–Crippen MR) is 165 cm³/mol. The molecular formula is C37H33N. The van der Waals surface area contributed by atoms with E-state index in [-0.39, 0.29) is 0 Å². The van der Waals surface area contributed by atoms with Crippen LogP contribution in [-0.4, -0.2) is 0 Å². The van der Waals surface area contributed by atoms with E-state index in [2.05, 4.69) is 153 Å². The van der Waals surface area contributed by atoms with Gasteiger partial charge in [0.15, 0.2) is 0 Å². The largest absolute Gasteiger partial charge is 0.310 e. The first-order valence-electron chi connectivity index (χ1n) is 13.6. The summed E-state index contributed by atoms with van der Waals surface area (Å²) < 4.78 is 0. The summed E-state index contributed by atoms with van der Waals surface area (Å²) in [6.45, 7) is 6.95. The second kappa shape index (κ2) is 10.2. The van der Waals surface area contributed by atoms with Crippen molar-refractivity contribution in [3.63, 3.8) is 0 Å². The third-order valence-corrected chi connectivity index (χ3v) is 7.93. The van der Waals surface area contributed by atoms with Crippen LogP contribution in [0.3, 0.4) is 0 Å². The van der Waals surface area contributed by atoms with Crippen molar-refractivity contribution in [2.75, 3.05) is 4.90 Å². The molecule has 6 rings (SSSR count). The first kappa shape index (κ1) is 24.0. The fraction of sp³-hybridized carbons (Fsp3) is 0.135. The minimum absolute atomic E-state index is 0.419. The van der Waals surface area contributed by atoms with Crippen LogP contribution in [0.15, 0.2) is 127 Å². The van der Waals surface area contributed by atoms with Gasteiger partial charge in [0, 0.05) is 16.9 Å². The number of nitrogens with zero attached hydrogens (tertiary/aromatic N) is 1. The van der Waals surface area contributed by atoms with Crippen LogP contribution >= 0.6 is 0 Å². The molecule has 1 unspecified atom stereocenters. The third-order valence-electron chi connectivity index (χ3n) is 7.93. The quantitative estimate of drug-likeness (QED) is 0.209. The van der Waals surface area contributed by atoms with Crippen LogP contribution in [0, 0.1) is 6.92 Å². The number of rotatable bonds is 6. The van der Waals surface area contributed by atoms with Crippen LogP contribution in [0.5, 0.6) is 0 Å². The van der Waals surface area contributed by atoms with Gasteiger partial charge >= 0.3 is 0 Å². The molecule has 0 saturated heterocycles. The summed E-state index contributed by atoms with van der Waals surface area (Å²) in [6, 6.07) is 46.1. The zero-order valence-electron chi connectivity index (χ0n) is 22.4. The Bertz CT molecular complexity index is 1680. The van der Waals surface area contributed by atoms with E-state index >= 15 is 0 Å². The summed E-state index contributed by atoms with van der Waals surface area (Å²) >= 11 is 0. The van der Waals surface area contributed by atoms with Crippen LogP contribution in [0.1, 0.15) is 37.3 Å². The highest BCUT2D eigenvalue weighted by atomic mass is 15.1. The van der Waals surface area contributed by atoms with Crippen molar-refractivity contribution >= 4 is 38.6 Å². The summed E-state index contributed by atoms with van der Waals surface area (Å²) in [5.74, 6) is 0.419. The van der Waals surface area contributed by atoms with E-state index in [4.69, 9.17) is 0 Å². The van der Waals surface area contributed by atoms with Crippen LogP contribution < -0.4 is 4.90 Å². The summed E-state index contributed by atoms with van der Waals surface area (Å²) in [5.41, 5.74) is 8.91. The van der Waals surface area contributed by atoms with E-state index < -0.39 is 0 Å². The fourth-order valence-electron chi connectivity index (χ4n) is 5.87. The molecular weight excluding hydrogens is 458 g/mol. The van der Waals surface area contributed by atoms with Gasteiger partial charge < -0.3 is 4.90 Å². The third kappa shape index (κ3) is 4.05. The Morgan fingerprint density at radius 1 is 0.526 bits per heavy atom. The van der Waals surface area contributed by atoms with Crippen LogP contribution in [0.2, 0.25) is 0 Å². The van der Waals surface area contributed by atoms with Gasteiger partial charge in [-0.3, -0.25) is 0 Å². The molecule has 6 aromatic carbocycles. The van der Waals surface area contributed by atoms with E-state index in [1.807, 2.05) is 0 Å². The number of hydrogen-bond donors (Lipinski definition) is 0. The molecule has 0 heterocycles. The predicted octanol–water partition coefficient (Wildman–Crippen LogP) is 11.0. The first-order chi connectivity index (χ1) is 18.7. The molecule has 0 N–H and O–H groups in total. The van der Waals surface area contributed by atoms with Gasteiger partial charge in [-0.1, -0.05) is 111 Å². The monoisotopic (exact) mass is 491 g/mol. The molecule has 0 radical (unpaired) electrons. The van der Waals surface area contributed by atoms with E-state index in [0.717, 1.165) is 17.8 Å². The maximum absolute atomic E-state index is 2.42. The Morgan fingerprint density at radius 3 is 1.61 bits per heavy atom. The topological polar surface area (TPSA) is 3.24 Å². The lowest BCUT2D eigenvalue weighted by atomic mass is 9.82. The average molecular weight is 492 g/mol. The van der Waals surface area contributed by atoms with Crippen LogP contribution in [-0.2, 0) is 0 Å². The van der Waals surface area contributed by atoms with E-state index in [9.17, 15) is 0 Å². The number of aryl methyl sites for hydroxylation is 1. The molecule has 6 aromatic rings. The summed E-state index contributed by atoms with van der Waals surface area (Å²) in [6.07, 6.45) is 1.08. The van der Waals surface area contributed by atoms with Crippen molar-refractivity contribution in [2.24, 2.45) is 0 Å². The Kier molecular flexibility index (Phi) is 6.43. The highest BCUT2D eigenvalue weighted by Crippen LogP contribution is 2.48. The molecule has 0 fully saturated rings. The minimum atomic E-state index is 0.419. The SMILES string of the molecule is CCC(C)c1cccc(N(c2ccccc2)c2ccccc2)c1-c1c(C)c2ccccc2c2ccccc12. The molecule has 0 saturated carbocycles. The molecule has 0 spiro atoms. The molecule has 38 heavy (non-hydrogen) atoms. The molecule has 0 aromatic heterocycles. The molecule has 0 aliphatic carbocycles. The van der Waals surface area contributed by atoms with Gasteiger partial charge in [0.05, 0.1) is 5.69 Å². The molecule has 186 valence electrons. The van der Waals surface area contributed by atoms with Gasteiger partial charge in [-0.05, 0) is 87.8 Å². The van der Waals surface area contributed by atoms with Crippen molar-refractivity contribution in [3.8, 4) is 11.1 Å². The zero-order chi connectivity index (χ0) is 26.1. The van der Waals surface area contributed by atoms with Gasteiger partial charge in [-0.25, -0.2) is 0 Å². The molecule has 0 aliphatic heterocycles. The first-order valence-corrected chi connectivity index (χ1v) is 13.6. The molecule has 1 nitrogen and oxygen atoms in total. The minimum Gasteiger partial charge on any atom is -0.310 e. The molecule has 1 heteroatoms. The summed E-state index contributed by atoms with van der Waals surface area (Å²) in [7, 11) is 0. The van der Waals surface area contributed by atoms with Crippen LogP contribution in [0.25, 0.3) is 32.7 Å². The average Bonchev–Trinajstić information content (AvgIpc) is 2.99. The van der Waals surface area contributed by atoms with Gasteiger partial charge in [0.2, 0.25) is 0 Å². The highest BCUT2D eigenvalue weighted by molar-refractivity contribution is 6.17. The maximum Gasteiger partial charge on any atom is 0.0543 e. The smallest absolute Gasteiger partial charge is 0.0543 e. The number of para-hydroxylation sites is 2. The number of fused-ring (bicyclic) bond motifs is 3. The fourth-order valence-corrected chi connectivity index (χ4v) is 5.87. The Balaban J connectivity index is 1.78. The molecule has 0 bridgehead atoms. The maximum atomic E-state index is 2.42. The Labute approximate surface area is 226 Å². The van der Waals surface area contributed by atoms with E-state index in [0.29, 0.717) is 5.92 Å². The number of benzene rings is 6. The van der Waals surface area contributed by atoms with Gasteiger partial charge in [-0.15, -0.1) is 0 Å². The number of hydrogen-bond acceptors (Lipinski definition) is 1. The summed E-state index contributed by atoms with van der Waals surface area (Å²) in [5, 5.41) is 5.24. The molecule has 0 aliphatic rings. The standard InChI is InChI=1S/C37H33N/c1-4-26(2)30-24-15-25-35(38(28-16-7-5-8-17-28)29-18-9-6-10-19-29)37(30)36-27(3)31-20-11-12-21-32(31)33-22-13-14-23-34(33)36/h5-26H,4H2,1-3H3. The van der Waals surface area contributed by atoms with Crippen molar-refractivity contribution in [3.05, 3.63) is 139 Å². The molecule has 1 atom stereocenters. The Morgan fingerprint density at radius 2 is 1.03 bits per heavy atom. The molecule has 0 amide bonds. The second-order valence-corrected chi connectivity index (χ2v) is 10.1. The summed E-state index contributed by atoms with van der Waals surface area (Å²) in [4.78, 5) is 2.42. The van der Waals surface area contributed by atoms with Gasteiger partial charge in [0.25, 0.3) is 0 Å². The zero-order valence-corrected chi connectivity index (χ0v) is 22.4. The Hall–Kier alpha value is -4.36. The van der Waals surface area contributed by atoms with Crippen molar-refractivity contribution < 1.29 is 0 Å². The highest BCUT2D eigenvalue weighted by Gasteiger charge is 2.24. The lowest BCUT2D eigenvalue weighted by Crippen LogP contribution is -2.13. The van der Waals surface area contributed by atoms with Gasteiger partial charge in [0.1, 0.15) is 0 Å². The van der Waals surface area contributed by atoms with Crippen molar-refractivity contribution in [1.82, 2.24) is 0 Å². The van der Waals surface area contributed by atoms with E-state index in [1.54, 1.807) is 0 Å². The second-order valence-electron chi connectivity index (χ2n) is 10.1. The normalized spacial score (nSPS) is 12.1. The van der Waals surface area contributed by atoms with Crippen molar-refractivity contribution in [2.45, 2.75) is 33.1 Å². The lowest BCUT2D eigenvalue weighted by Gasteiger charge is -2.31. The van der Waals surface area contributed by atoms with Crippen LogP contribution in [0.4, 0.5) is 17.1 Å². The van der Waals surface area contributed by atoms with E-state index in [1.165, 1.54) is 49.5 Å². The van der Waals surface area contributed by atoms with Crippen molar-refractivity contribution in [1.29, 1.82) is 0 Å². The number of anilines is 3.